The Kier molecular flexibility index (Phi) is 4.81. The van der Waals surface area contributed by atoms with Crippen LogP contribution in [0.15, 0.2) is 48.5 Å². The maximum absolute atomic E-state index is 13.3. The fourth-order valence-corrected chi connectivity index (χ4v) is 3.01. The van der Waals surface area contributed by atoms with Crippen LogP contribution in [0.5, 0.6) is 5.75 Å². The van der Waals surface area contributed by atoms with Gasteiger partial charge >= 0.3 is 0 Å². The van der Waals surface area contributed by atoms with Crippen molar-refractivity contribution >= 4 is 5.91 Å². The molecule has 0 bridgehead atoms. The van der Waals surface area contributed by atoms with Crippen LogP contribution in [-0.4, -0.2) is 37.6 Å². The summed E-state index contributed by atoms with van der Waals surface area (Å²) in [5.41, 5.74) is 1.92. The molecule has 2 atom stereocenters. The predicted octanol–water partition coefficient (Wildman–Crippen LogP) is 2.74. The van der Waals surface area contributed by atoms with E-state index in [0.717, 1.165) is 29.8 Å². The number of nitrogens with one attached hydrogen (secondary N) is 1. The number of carbonyl (C=O) groups is 1. The predicted molar refractivity (Wildman–Crippen MR) is 90.4 cm³/mol. The number of carbonyl (C=O) groups excluding carboxylic acids is 1. The molecular weight excluding hydrogens is 307 g/mol. The van der Waals surface area contributed by atoms with Gasteiger partial charge in [0, 0.05) is 13.6 Å². The molecule has 0 unspecified atom stereocenters. The van der Waals surface area contributed by atoms with E-state index in [4.69, 9.17) is 4.74 Å². The van der Waals surface area contributed by atoms with E-state index in [9.17, 15) is 9.18 Å². The summed E-state index contributed by atoms with van der Waals surface area (Å²) < 4.78 is 18.5. The van der Waals surface area contributed by atoms with Crippen LogP contribution in [0, 0.1) is 5.82 Å². The maximum atomic E-state index is 13.3. The lowest BCUT2D eigenvalue weighted by Crippen LogP contribution is -2.39. The molecule has 2 aromatic rings. The first-order chi connectivity index (χ1) is 11.6. The molecular formula is C19H21FN2O2. The second kappa shape index (κ2) is 7.01. The lowest BCUT2D eigenvalue weighted by Gasteiger charge is -2.23. The van der Waals surface area contributed by atoms with Crippen molar-refractivity contribution in [3.8, 4) is 5.75 Å². The summed E-state index contributed by atoms with van der Waals surface area (Å²) in [6.07, 6.45) is 0.767. The van der Waals surface area contributed by atoms with Crippen molar-refractivity contribution in [2.24, 2.45) is 0 Å². The summed E-state index contributed by atoms with van der Waals surface area (Å²) >= 11 is 0. The molecule has 1 aliphatic heterocycles. The Bertz CT molecular complexity index is 700. The van der Waals surface area contributed by atoms with Gasteiger partial charge in [-0.25, -0.2) is 4.39 Å². The Morgan fingerprint density at radius 3 is 2.21 bits per heavy atom. The van der Waals surface area contributed by atoms with E-state index in [1.165, 1.54) is 12.1 Å². The number of benzene rings is 2. The Labute approximate surface area is 141 Å². The van der Waals surface area contributed by atoms with Gasteiger partial charge in [0.15, 0.2) is 0 Å². The summed E-state index contributed by atoms with van der Waals surface area (Å²) in [7, 11) is 3.43. The van der Waals surface area contributed by atoms with Gasteiger partial charge in [-0.2, -0.15) is 0 Å². The lowest BCUT2D eigenvalue weighted by molar-refractivity contribution is -0.128. The molecule has 24 heavy (non-hydrogen) atoms. The van der Waals surface area contributed by atoms with E-state index in [1.54, 1.807) is 24.1 Å². The van der Waals surface area contributed by atoms with Crippen LogP contribution in [0.4, 0.5) is 4.39 Å². The monoisotopic (exact) mass is 328 g/mol. The highest BCUT2D eigenvalue weighted by Crippen LogP contribution is 2.26. The number of likely N-dealkylation sites (N-methyl/N-ethyl adjacent to an activating group) is 1. The van der Waals surface area contributed by atoms with Gasteiger partial charge in [0.25, 0.3) is 0 Å². The number of amides is 1. The van der Waals surface area contributed by atoms with Crippen LogP contribution < -0.4 is 10.1 Å². The quantitative estimate of drug-likeness (QED) is 0.918. The summed E-state index contributed by atoms with van der Waals surface area (Å²) in [5.74, 6) is 0.591. The number of methoxy groups -OCH3 is 1. The highest BCUT2D eigenvalue weighted by Gasteiger charge is 2.31. The number of nitrogens with zero attached hydrogens (tertiary/aromatic N) is 1. The van der Waals surface area contributed by atoms with E-state index in [-0.39, 0.29) is 23.8 Å². The number of hydrogen-bond acceptors (Lipinski definition) is 3. The van der Waals surface area contributed by atoms with Gasteiger partial charge in [-0.15, -0.1) is 0 Å². The number of hydrogen-bond donors (Lipinski definition) is 1. The molecule has 1 fully saturated rings. The first-order valence-corrected chi connectivity index (χ1v) is 7.99. The fourth-order valence-electron chi connectivity index (χ4n) is 3.01. The summed E-state index contributed by atoms with van der Waals surface area (Å²) in [4.78, 5) is 14.0. The molecule has 3 rings (SSSR count). The third kappa shape index (κ3) is 3.41. The Balaban J connectivity index is 1.90. The van der Waals surface area contributed by atoms with Crippen LogP contribution in [0.25, 0.3) is 0 Å². The number of ether oxygens (including phenoxy) is 1. The fraction of sp³-hybridized carbons (Fsp3) is 0.316. The molecule has 0 spiro atoms. The number of halogens is 1. The second-order valence-electron chi connectivity index (χ2n) is 6.03. The summed E-state index contributed by atoms with van der Waals surface area (Å²) in [6.45, 7) is 0.745. The third-order valence-electron chi connectivity index (χ3n) is 4.45. The molecule has 1 N–H and O–H groups in total. The van der Waals surface area contributed by atoms with Crippen molar-refractivity contribution in [2.75, 3.05) is 20.7 Å². The molecule has 0 saturated carbocycles. The SMILES string of the molecule is COc1ccc([C@H](N[C@H]2CCN(C)C2=O)c2ccc(F)cc2)cc1. The first kappa shape index (κ1) is 16.5. The van der Waals surface area contributed by atoms with Crippen molar-refractivity contribution in [2.45, 2.75) is 18.5 Å². The zero-order valence-electron chi connectivity index (χ0n) is 13.8. The van der Waals surface area contributed by atoms with Crippen molar-refractivity contribution < 1.29 is 13.9 Å². The van der Waals surface area contributed by atoms with Gasteiger partial charge in [-0.05, 0) is 41.8 Å². The molecule has 5 heteroatoms. The highest BCUT2D eigenvalue weighted by molar-refractivity contribution is 5.83. The van der Waals surface area contributed by atoms with E-state index in [2.05, 4.69) is 5.32 Å². The minimum Gasteiger partial charge on any atom is -0.497 e. The summed E-state index contributed by atoms with van der Waals surface area (Å²) in [5, 5.41) is 3.43. The van der Waals surface area contributed by atoms with Gasteiger partial charge in [-0.1, -0.05) is 24.3 Å². The van der Waals surface area contributed by atoms with Crippen molar-refractivity contribution in [1.29, 1.82) is 0 Å². The minimum atomic E-state index is -0.274. The average molecular weight is 328 g/mol. The normalized spacial score (nSPS) is 18.7. The largest absolute Gasteiger partial charge is 0.497 e. The van der Waals surface area contributed by atoms with Crippen molar-refractivity contribution in [1.82, 2.24) is 10.2 Å². The Hall–Kier alpha value is -2.40. The molecule has 1 saturated heterocycles. The van der Waals surface area contributed by atoms with Crippen molar-refractivity contribution in [3.63, 3.8) is 0 Å². The molecule has 1 heterocycles. The van der Waals surface area contributed by atoms with E-state index >= 15 is 0 Å². The van der Waals surface area contributed by atoms with Crippen LogP contribution in [0.1, 0.15) is 23.6 Å². The van der Waals surface area contributed by atoms with Crippen molar-refractivity contribution in [3.05, 3.63) is 65.5 Å². The Morgan fingerprint density at radius 2 is 1.71 bits per heavy atom. The number of likely N-dealkylation sites (tertiary alicyclic amines) is 1. The molecule has 2 aromatic carbocycles. The van der Waals surface area contributed by atoms with Gasteiger partial charge < -0.3 is 9.64 Å². The number of rotatable bonds is 5. The molecule has 0 aromatic heterocycles. The topological polar surface area (TPSA) is 41.6 Å². The van der Waals surface area contributed by atoms with E-state index in [1.807, 2.05) is 31.3 Å². The zero-order valence-corrected chi connectivity index (χ0v) is 13.8. The molecule has 0 radical (unpaired) electrons. The van der Waals surface area contributed by atoms with E-state index in [0.29, 0.717) is 0 Å². The summed E-state index contributed by atoms with van der Waals surface area (Å²) in [6, 6.07) is 13.7. The van der Waals surface area contributed by atoms with Crippen LogP contribution in [-0.2, 0) is 4.79 Å². The lowest BCUT2D eigenvalue weighted by atomic mass is 9.97. The smallest absolute Gasteiger partial charge is 0.239 e. The average Bonchev–Trinajstić information content (AvgIpc) is 2.93. The molecule has 126 valence electrons. The molecule has 0 aliphatic carbocycles. The minimum absolute atomic E-state index is 0.0932. The Morgan fingerprint density at radius 1 is 1.12 bits per heavy atom. The van der Waals surface area contributed by atoms with Gasteiger partial charge in [0.05, 0.1) is 19.2 Å². The van der Waals surface area contributed by atoms with Crippen LogP contribution in [0.2, 0.25) is 0 Å². The zero-order chi connectivity index (χ0) is 17.1. The second-order valence-corrected chi connectivity index (χ2v) is 6.03. The highest BCUT2D eigenvalue weighted by atomic mass is 19.1. The maximum Gasteiger partial charge on any atom is 0.239 e. The molecule has 4 nitrogen and oxygen atoms in total. The third-order valence-corrected chi connectivity index (χ3v) is 4.45. The first-order valence-electron chi connectivity index (χ1n) is 7.99. The van der Waals surface area contributed by atoms with Crippen LogP contribution in [0.3, 0.4) is 0 Å². The van der Waals surface area contributed by atoms with E-state index < -0.39 is 0 Å². The van der Waals surface area contributed by atoms with Gasteiger partial charge in [0.1, 0.15) is 11.6 Å². The molecule has 1 aliphatic rings. The molecule has 1 amide bonds. The van der Waals surface area contributed by atoms with Gasteiger partial charge in [-0.3, -0.25) is 10.1 Å². The standard InChI is InChI=1S/C19H21FN2O2/c1-22-12-11-17(19(22)23)21-18(13-3-7-15(20)8-4-13)14-5-9-16(24-2)10-6-14/h3-10,17-18,21H,11-12H2,1-2H3/t17-,18+/m0/s1. The van der Waals surface area contributed by atoms with Gasteiger partial charge in [0.2, 0.25) is 5.91 Å². The van der Waals surface area contributed by atoms with Crippen LogP contribution >= 0.6 is 0 Å².